The van der Waals surface area contributed by atoms with Gasteiger partial charge < -0.3 is 9.47 Å². The minimum absolute atomic E-state index is 0.0399. The molecule has 3 aromatic carbocycles. The lowest BCUT2D eigenvalue weighted by atomic mass is 10.1. The summed E-state index contributed by atoms with van der Waals surface area (Å²) in [5.41, 5.74) is 1.42. The lowest BCUT2D eigenvalue weighted by molar-refractivity contribution is -0.123. The van der Waals surface area contributed by atoms with Gasteiger partial charge in [-0.05, 0) is 101 Å². The van der Waals surface area contributed by atoms with Crippen LogP contribution in [0.1, 0.15) is 28.4 Å². The Balaban J connectivity index is 1.60. The normalized spacial score (nSPS) is 14.4. The van der Waals surface area contributed by atoms with Crippen molar-refractivity contribution in [1.29, 1.82) is 0 Å². The molecule has 4 rings (SSSR count). The molecule has 1 fully saturated rings. The summed E-state index contributed by atoms with van der Waals surface area (Å²) >= 11 is 21.2. The fraction of sp³-hybridized carbons (Fsp3) is 0.115. The second kappa shape index (κ2) is 12.1. The Morgan fingerprint density at radius 2 is 1.73 bits per heavy atom. The number of hydrogen-bond donors (Lipinski definition) is 0. The Labute approximate surface area is 246 Å². The van der Waals surface area contributed by atoms with Crippen molar-refractivity contribution in [1.82, 2.24) is 4.90 Å². The zero-order chi connectivity index (χ0) is 26.7. The number of amides is 2. The topological polar surface area (TPSA) is 72.9 Å². The van der Waals surface area contributed by atoms with Crippen molar-refractivity contribution in [2.24, 2.45) is 0 Å². The summed E-state index contributed by atoms with van der Waals surface area (Å²) in [7, 11) is 0. The summed E-state index contributed by atoms with van der Waals surface area (Å²) in [6.07, 6.45) is 1.59. The molecule has 0 N–H and O–H groups in total. The van der Waals surface area contributed by atoms with Gasteiger partial charge in [0, 0.05) is 20.6 Å². The second-order valence-electron chi connectivity index (χ2n) is 7.63. The third kappa shape index (κ3) is 6.43. The van der Waals surface area contributed by atoms with Gasteiger partial charge in [0.15, 0.2) is 11.5 Å². The first-order chi connectivity index (χ1) is 17.7. The molecule has 2 amide bonds. The van der Waals surface area contributed by atoms with Gasteiger partial charge in [-0.3, -0.25) is 14.5 Å². The van der Waals surface area contributed by atoms with E-state index in [1.54, 1.807) is 67.6 Å². The summed E-state index contributed by atoms with van der Waals surface area (Å²) in [6, 6.07) is 14.7. The minimum atomic E-state index is -0.567. The highest BCUT2D eigenvalue weighted by Gasteiger charge is 2.36. The Morgan fingerprint density at radius 1 is 1.05 bits per heavy atom. The van der Waals surface area contributed by atoms with Crippen LogP contribution in [-0.4, -0.2) is 28.6 Å². The van der Waals surface area contributed by atoms with Crippen molar-refractivity contribution in [3.63, 3.8) is 0 Å². The van der Waals surface area contributed by atoms with E-state index in [0.29, 0.717) is 47.7 Å². The van der Waals surface area contributed by atoms with Gasteiger partial charge in [0.2, 0.25) is 0 Å². The maximum absolute atomic E-state index is 13.1. The number of hydrogen-bond acceptors (Lipinski definition) is 6. The van der Waals surface area contributed by atoms with Crippen LogP contribution < -0.4 is 9.47 Å². The molecule has 11 heteroatoms. The van der Waals surface area contributed by atoms with Crippen molar-refractivity contribution in [3.05, 3.63) is 94.8 Å². The maximum atomic E-state index is 13.1. The third-order valence-electron chi connectivity index (χ3n) is 5.16. The molecule has 1 heterocycles. The monoisotopic (exact) mass is 687 g/mol. The standard InChI is InChI=1S/C26H17Cl3INO5S/c1-2-35-21-11-14(10-20(30)23(21)36-25(33)15-6-8-16(27)9-7-15)12-22-24(32)31(26(34)37-22)13-17-18(28)4-3-5-19(17)29/h3-12H,2,13H2,1H3/b22-12-. The van der Waals surface area contributed by atoms with Gasteiger partial charge in [-0.15, -0.1) is 0 Å². The molecule has 0 saturated carbocycles. The van der Waals surface area contributed by atoms with Gasteiger partial charge in [0.25, 0.3) is 11.1 Å². The third-order valence-corrected chi connectivity index (χ3v) is 7.82. The molecule has 0 spiro atoms. The first-order valence-electron chi connectivity index (χ1n) is 10.8. The van der Waals surface area contributed by atoms with Crippen molar-refractivity contribution < 1.29 is 23.9 Å². The summed E-state index contributed by atoms with van der Waals surface area (Å²) in [6.45, 7) is 2.08. The highest BCUT2D eigenvalue weighted by atomic mass is 127. The molecule has 3 aromatic rings. The summed E-state index contributed by atoms with van der Waals surface area (Å²) in [5.74, 6) is -0.453. The fourth-order valence-electron chi connectivity index (χ4n) is 3.40. The number of benzene rings is 3. The largest absolute Gasteiger partial charge is 0.490 e. The SMILES string of the molecule is CCOc1cc(/C=C2\SC(=O)N(Cc3c(Cl)cccc3Cl)C2=O)cc(I)c1OC(=O)c1ccc(Cl)cc1. The molecular formula is C26H17Cl3INO5S. The summed E-state index contributed by atoms with van der Waals surface area (Å²) in [5, 5.41) is 0.815. The predicted octanol–water partition coefficient (Wildman–Crippen LogP) is 8.11. The number of thioether (sulfide) groups is 1. The molecule has 6 nitrogen and oxygen atoms in total. The van der Waals surface area contributed by atoms with Gasteiger partial charge in [-0.25, -0.2) is 4.79 Å². The van der Waals surface area contributed by atoms with Crippen LogP contribution in [0, 0.1) is 3.57 Å². The van der Waals surface area contributed by atoms with Crippen molar-refractivity contribution >= 4 is 92.3 Å². The van der Waals surface area contributed by atoms with Crippen LogP contribution in [0.25, 0.3) is 6.08 Å². The highest BCUT2D eigenvalue weighted by Crippen LogP contribution is 2.39. The highest BCUT2D eigenvalue weighted by molar-refractivity contribution is 14.1. The molecule has 190 valence electrons. The molecule has 0 unspecified atom stereocenters. The first kappa shape index (κ1) is 27.8. The van der Waals surface area contributed by atoms with Crippen LogP contribution in [0.4, 0.5) is 4.79 Å². The molecule has 1 aliphatic heterocycles. The Bertz CT molecular complexity index is 1410. The molecule has 1 aliphatic rings. The van der Waals surface area contributed by atoms with E-state index in [4.69, 9.17) is 44.3 Å². The summed E-state index contributed by atoms with van der Waals surface area (Å²) in [4.78, 5) is 39.7. The van der Waals surface area contributed by atoms with E-state index < -0.39 is 17.1 Å². The summed E-state index contributed by atoms with van der Waals surface area (Å²) < 4.78 is 11.9. The van der Waals surface area contributed by atoms with Crippen molar-refractivity contribution in [3.8, 4) is 11.5 Å². The quantitative estimate of drug-likeness (QED) is 0.108. The number of esters is 1. The molecule has 0 aliphatic carbocycles. The van der Waals surface area contributed by atoms with E-state index in [9.17, 15) is 14.4 Å². The van der Waals surface area contributed by atoms with E-state index in [0.717, 1.165) is 16.7 Å². The molecule has 0 atom stereocenters. The van der Waals surface area contributed by atoms with Crippen molar-refractivity contribution in [2.45, 2.75) is 13.5 Å². The van der Waals surface area contributed by atoms with Gasteiger partial charge in [-0.1, -0.05) is 40.9 Å². The first-order valence-corrected chi connectivity index (χ1v) is 13.8. The maximum Gasteiger partial charge on any atom is 0.343 e. The smallest absolute Gasteiger partial charge is 0.343 e. The van der Waals surface area contributed by atoms with Gasteiger partial charge in [0.1, 0.15) is 0 Å². The average molecular weight is 689 g/mol. The Morgan fingerprint density at radius 3 is 2.38 bits per heavy atom. The van der Waals surface area contributed by atoms with Crippen LogP contribution in [0.5, 0.6) is 11.5 Å². The number of nitrogens with zero attached hydrogens (tertiary/aromatic N) is 1. The number of carbonyl (C=O) groups is 3. The number of ether oxygens (including phenoxy) is 2. The Kier molecular flexibility index (Phi) is 9.07. The number of halogens is 4. The molecule has 0 radical (unpaired) electrons. The molecule has 0 aromatic heterocycles. The molecule has 0 bridgehead atoms. The molecule has 1 saturated heterocycles. The molecule has 37 heavy (non-hydrogen) atoms. The zero-order valence-electron chi connectivity index (χ0n) is 19.1. The van der Waals surface area contributed by atoms with E-state index in [-0.39, 0.29) is 17.2 Å². The zero-order valence-corrected chi connectivity index (χ0v) is 24.3. The number of imide groups is 1. The number of rotatable bonds is 7. The molecular weight excluding hydrogens is 672 g/mol. The van der Waals surface area contributed by atoms with Gasteiger partial charge in [0.05, 0.1) is 27.2 Å². The lowest BCUT2D eigenvalue weighted by Crippen LogP contribution is -2.27. The van der Waals surface area contributed by atoms with Crippen LogP contribution in [0.15, 0.2) is 59.5 Å². The van der Waals surface area contributed by atoms with Gasteiger partial charge >= 0.3 is 5.97 Å². The van der Waals surface area contributed by atoms with E-state index >= 15 is 0 Å². The second-order valence-corrected chi connectivity index (χ2v) is 11.0. The van der Waals surface area contributed by atoms with E-state index in [1.165, 1.54) is 0 Å². The van der Waals surface area contributed by atoms with Crippen LogP contribution in [0.3, 0.4) is 0 Å². The van der Waals surface area contributed by atoms with E-state index in [1.807, 2.05) is 22.6 Å². The number of carbonyl (C=O) groups excluding carboxylic acids is 3. The fourth-order valence-corrected chi connectivity index (χ4v) is 5.62. The van der Waals surface area contributed by atoms with E-state index in [2.05, 4.69) is 0 Å². The Hall–Kier alpha value is -2.24. The van der Waals surface area contributed by atoms with Crippen molar-refractivity contribution in [2.75, 3.05) is 6.61 Å². The van der Waals surface area contributed by atoms with Crippen LogP contribution in [-0.2, 0) is 11.3 Å². The van der Waals surface area contributed by atoms with Crippen LogP contribution >= 0.6 is 69.2 Å². The average Bonchev–Trinajstić information content (AvgIpc) is 3.11. The predicted molar refractivity (Wildman–Crippen MR) is 155 cm³/mol. The lowest BCUT2D eigenvalue weighted by Gasteiger charge is -2.15. The van der Waals surface area contributed by atoms with Gasteiger partial charge in [-0.2, -0.15) is 0 Å². The van der Waals surface area contributed by atoms with Crippen LogP contribution in [0.2, 0.25) is 15.1 Å². The minimum Gasteiger partial charge on any atom is -0.490 e.